The minimum absolute atomic E-state index is 0. The smallest absolute Gasteiger partial charge is 0.137 e. The minimum atomic E-state index is 0. The fourth-order valence-electron chi connectivity index (χ4n) is 3.88. The van der Waals surface area contributed by atoms with Crippen molar-refractivity contribution in [2.75, 3.05) is 45.8 Å². The predicted molar refractivity (Wildman–Crippen MR) is 105 cm³/mol. The summed E-state index contributed by atoms with van der Waals surface area (Å²) in [6.45, 7) is 9.25. The van der Waals surface area contributed by atoms with Crippen LogP contribution in [-0.4, -0.2) is 65.0 Å². The Morgan fingerprint density at radius 1 is 1.04 bits per heavy atom. The van der Waals surface area contributed by atoms with Gasteiger partial charge in [-0.05, 0) is 44.0 Å². The van der Waals surface area contributed by atoms with E-state index in [9.17, 15) is 0 Å². The van der Waals surface area contributed by atoms with E-state index in [0.29, 0.717) is 0 Å². The molecule has 2 aliphatic heterocycles. The third kappa shape index (κ3) is 4.86. The van der Waals surface area contributed by atoms with Gasteiger partial charge in [0.05, 0.1) is 10.7 Å². The first kappa shape index (κ1) is 18.9. The fourth-order valence-corrected chi connectivity index (χ4v) is 4.05. The Balaban J connectivity index is 0.00000182. The number of hydrogen-bond donors (Lipinski definition) is 1. The number of piperidine rings is 1. The van der Waals surface area contributed by atoms with Crippen molar-refractivity contribution in [2.24, 2.45) is 5.92 Å². The maximum Gasteiger partial charge on any atom is 0.137 e. The molecule has 25 heavy (non-hydrogen) atoms. The van der Waals surface area contributed by atoms with Crippen molar-refractivity contribution >= 4 is 29.7 Å². The number of imidazole rings is 1. The molecule has 4 rings (SSSR count). The lowest BCUT2D eigenvalue weighted by atomic mass is 9.97. The number of hydrogen-bond acceptors (Lipinski definition) is 4. The Labute approximate surface area is 160 Å². The van der Waals surface area contributed by atoms with Crippen LogP contribution in [0.15, 0.2) is 24.5 Å². The highest BCUT2D eigenvalue weighted by atomic mass is 35.5. The quantitative estimate of drug-likeness (QED) is 0.879. The third-order valence-corrected chi connectivity index (χ3v) is 5.51. The van der Waals surface area contributed by atoms with Crippen LogP contribution in [0.1, 0.15) is 18.5 Å². The van der Waals surface area contributed by atoms with Crippen LogP contribution in [0.5, 0.6) is 0 Å². The lowest BCUT2D eigenvalue weighted by molar-refractivity contribution is 0.106. The second-order valence-electron chi connectivity index (χ2n) is 7.12. The Bertz CT molecular complexity index is 675. The van der Waals surface area contributed by atoms with Crippen LogP contribution in [0, 0.1) is 5.92 Å². The fraction of sp³-hybridized carbons (Fsp3) is 0.611. The molecule has 2 fully saturated rings. The maximum atomic E-state index is 6.05. The number of nitrogens with zero attached hydrogens (tertiary/aromatic N) is 4. The van der Waals surface area contributed by atoms with Crippen molar-refractivity contribution in [3.05, 3.63) is 35.2 Å². The number of fused-ring (bicyclic) bond motifs is 1. The van der Waals surface area contributed by atoms with Gasteiger partial charge in [-0.3, -0.25) is 4.90 Å². The van der Waals surface area contributed by atoms with Gasteiger partial charge in [-0.15, -0.1) is 12.4 Å². The highest BCUT2D eigenvalue weighted by molar-refractivity contribution is 6.30. The number of piperazine rings is 1. The molecule has 2 aromatic rings. The van der Waals surface area contributed by atoms with Gasteiger partial charge in [0.25, 0.3) is 0 Å². The van der Waals surface area contributed by atoms with Crippen LogP contribution >= 0.6 is 24.0 Å². The Morgan fingerprint density at radius 2 is 1.76 bits per heavy atom. The van der Waals surface area contributed by atoms with Crippen LogP contribution < -0.4 is 5.32 Å². The van der Waals surface area contributed by atoms with E-state index >= 15 is 0 Å². The minimum Gasteiger partial charge on any atom is -0.317 e. The summed E-state index contributed by atoms with van der Waals surface area (Å²) in [4.78, 5) is 9.87. The molecule has 0 saturated carbocycles. The summed E-state index contributed by atoms with van der Waals surface area (Å²) in [5.74, 6) is 0.890. The predicted octanol–water partition coefficient (Wildman–Crippen LogP) is 2.53. The van der Waals surface area contributed by atoms with Crippen molar-refractivity contribution in [1.29, 1.82) is 0 Å². The molecular weight excluding hydrogens is 357 g/mol. The largest absolute Gasteiger partial charge is 0.317 e. The molecule has 0 bridgehead atoms. The Kier molecular flexibility index (Phi) is 6.58. The number of halogens is 2. The van der Waals surface area contributed by atoms with E-state index in [4.69, 9.17) is 16.6 Å². The first-order valence-electron chi connectivity index (χ1n) is 9.05. The van der Waals surface area contributed by atoms with Crippen LogP contribution in [0.3, 0.4) is 0 Å². The molecule has 1 N–H and O–H groups in total. The highest BCUT2D eigenvalue weighted by Crippen LogP contribution is 2.16. The van der Waals surface area contributed by atoms with Gasteiger partial charge in [-0.25, -0.2) is 4.98 Å². The molecule has 0 unspecified atom stereocenters. The highest BCUT2D eigenvalue weighted by Gasteiger charge is 2.21. The number of rotatable bonds is 4. The molecular formula is C18H27Cl2N5. The zero-order chi connectivity index (χ0) is 16.4. The number of nitrogens with one attached hydrogen (secondary N) is 1. The zero-order valence-corrected chi connectivity index (χ0v) is 16.1. The lowest BCUT2D eigenvalue weighted by Crippen LogP contribution is -2.48. The van der Waals surface area contributed by atoms with E-state index in [1.165, 1.54) is 45.6 Å². The van der Waals surface area contributed by atoms with Gasteiger partial charge < -0.3 is 14.6 Å². The van der Waals surface area contributed by atoms with Gasteiger partial charge in [-0.1, -0.05) is 11.6 Å². The monoisotopic (exact) mass is 383 g/mol. The van der Waals surface area contributed by atoms with Crippen molar-refractivity contribution in [3.8, 4) is 0 Å². The molecule has 7 heteroatoms. The summed E-state index contributed by atoms with van der Waals surface area (Å²) in [5.41, 5.74) is 2.10. The molecule has 2 aliphatic rings. The summed E-state index contributed by atoms with van der Waals surface area (Å²) >= 11 is 6.05. The normalized spacial score (nSPS) is 20.7. The Hall–Kier alpha value is -0.850. The van der Waals surface area contributed by atoms with Crippen LogP contribution in [0.2, 0.25) is 5.02 Å². The van der Waals surface area contributed by atoms with Gasteiger partial charge in [-0.2, -0.15) is 0 Å². The summed E-state index contributed by atoms with van der Waals surface area (Å²) in [7, 11) is 0. The summed E-state index contributed by atoms with van der Waals surface area (Å²) in [6.07, 6.45) is 6.70. The van der Waals surface area contributed by atoms with E-state index in [0.717, 1.165) is 41.9 Å². The van der Waals surface area contributed by atoms with Gasteiger partial charge in [0.2, 0.25) is 0 Å². The van der Waals surface area contributed by atoms with Crippen LogP contribution in [0.4, 0.5) is 0 Å². The van der Waals surface area contributed by atoms with Crippen molar-refractivity contribution in [2.45, 2.75) is 19.4 Å². The van der Waals surface area contributed by atoms with Gasteiger partial charge >= 0.3 is 0 Å². The van der Waals surface area contributed by atoms with E-state index in [-0.39, 0.29) is 12.4 Å². The van der Waals surface area contributed by atoms with E-state index < -0.39 is 0 Å². The topological polar surface area (TPSA) is 35.8 Å². The molecule has 0 aliphatic carbocycles. The van der Waals surface area contributed by atoms with E-state index in [1.54, 1.807) is 0 Å². The average Bonchev–Trinajstić information content (AvgIpc) is 2.99. The first-order valence-corrected chi connectivity index (χ1v) is 9.42. The maximum absolute atomic E-state index is 6.05. The van der Waals surface area contributed by atoms with Gasteiger partial charge in [0.15, 0.2) is 0 Å². The van der Waals surface area contributed by atoms with Crippen molar-refractivity contribution < 1.29 is 0 Å². The average molecular weight is 384 g/mol. The summed E-state index contributed by atoms with van der Waals surface area (Å²) in [5, 5.41) is 4.20. The Morgan fingerprint density at radius 3 is 2.52 bits per heavy atom. The van der Waals surface area contributed by atoms with Crippen LogP contribution in [-0.2, 0) is 6.54 Å². The van der Waals surface area contributed by atoms with Crippen molar-refractivity contribution in [3.63, 3.8) is 0 Å². The van der Waals surface area contributed by atoms with Crippen LogP contribution in [0.25, 0.3) is 5.65 Å². The summed E-state index contributed by atoms with van der Waals surface area (Å²) in [6, 6.07) is 3.87. The third-order valence-electron chi connectivity index (χ3n) is 5.29. The van der Waals surface area contributed by atoms with Gasteiger partial charge in [0, 0.05) is 51.7 Å². The SMILES string of the molecule is Cl.Clc1ccc2nc(CN3CCN(CC4CCNCC4)CC3)cn2c1. The number of aromatic nitrogens is 2. The molecule has 0 amide bonds. The van der Waals surface area contributed by atoms with E-state index in [1.807, 2.05) is 22.7 Å². The molecule has 0 aromatic carbocycles. The standard InChI is InChI=1S/C18H26ClN5.ClH/c19-16-1-2-18-21-17(14-24(18)12-16)13-23-9-7-22(8-10-23)11-15-3-5-20-6-4-15;/h1-2,12,14-15,20H,3-11,13H2;1H. The molecule has 4 heterocycles. The molecule has 0 atom stereocenters. The van der Waals surface area contributed by atoms with Gasteiger partial charge in [0.1, 0.15) is 5.65 Å². The zero-order valence-electron chi connectivity index (χ0n) is 14.5. The molecule has 138 valence electrons. The summed E-state index contributed by atoms with van der Waals surface area (Å²) < 4.78 is 2.02. The van der Waals surface area contributed by atoms with E-state index in [2.05, 4.69) is 21.3 Å². The first-order chi connectivity index (χ1) is 11.8. The molecule has 2 saturated heterocycles. The number of pyridine rings is 1. The second kappa shape index (κ2) is 8.69. The molecule has 0 radical (unpaired) electrons. The molecule has 0 spiro atoms. The molecule has 5 nitrogen and oxygen atoms in total. The molecule has 2 aromatic heterocycles. The van der Waals surface area contributed by atoms with Crippen molar-refractivity contribution in [1.82, 2.24) is 24.5 Å². The second-order valence-corrected chi connectivity index (χ2v) is 7.55. The lowest BCUT2D eigenvalue weighted by Gasteiger charge is -2.37.